The number of hydrogen-bond acceptors (Lipinski definition) is 3. The van der Waals surface area contributed by atoms with Crippen molar-refractivity contribution in [2.24, 2.45) is 0 Å². The second-order valence-corrected chi connectivity index (χ2v) is 10.9. The molecule has 1 N–H and O–H groups in total. The summed E-state index contributed by atoms with van der Waals surface area (Å²) in [5, 5.41) is 4.05. The second-order valence-electron chi connectivity index (χ2n) is 9.03. The third-order valence-corrected chi connectivity index (χ3v) is 7.75. The van der Waals surface area contributed by atoms with Crippen LogP contribution in [0.25, 0.3) is 0 Å². The average Bonchev–Trinajstić information content (AvgIpc) is 2.89. The van der Waals surface area contributed by atoms with E-state index in [1.165, 1.54) is 11.1 Å². The van der Waals surface area contributed by atoms with Crippen molar-refractivity contribution in [3.05, 3.63) is 105 Å². The molecule has 0 saturated heterocycles. The van der Waals surface area contributed by atoms with E-state index in [4.69, 9.17) is 23.2 Å². The van der Waals surface area contributed by atoms with E-state index in [1.807, 2.05) is 48.5 Å². The van der Waals surface area contributed by atoms with Crippen LogP contribution in [0, 0.1) is 6.92 Å². The highest BCUT2D eigenvalue weighted by Gasteiger charge is 2.30. The molecule has 0 unspecified atom stereocenters. The summed E-state index contributed by atoms with van der Waals surface area (Å²) in [5.74, 6) is 0.725. The summed E-state index contributed by atoms with van der Waals surface area (Å²) in [6.45, 7) is 4.95. The van der Waals surface area contributed by atoms with Crippen LogP contribution in [-0.2, 0) is 28.3 Å². The van der Waals surface area contributed by atoms with Crippen LogP contribution in [0.1, 0.15) is 42.0 Å². The highest BCUT2D eigenvalue weighted by Crippen LogP contribution is 2.25. The Hall–Kier alpha value is -2.47. The Bertz CT molecular complexity index is 1170. The molecule has 3 aromatic rings. The summed E-state index contributed by atoms with van der Waals surface area (Å²) in [4.78, 5) is 28.9. The molecule has 196 valence electrons. The molecule has 4 nitrogen and oxygen atoms in total. The summed E-state index contributed by atoms with van der Waals surface area (Å²) in [7, 11) is 0. The van der Waals surface area contributed by atoms with Crippen molar-refractivity contribution >= 4 is 46.8 Å². The van der Waals surface area contributed by atoms with E-state index in [1.54, 1.807) is 28.8 Å². The molecular weight excluding hydrogens is 523 g/mol. The third kappa shape index (κ3) is 9.10. The number of unbranched alkanes of at least 4 members (excludes halogenated alkanes) is 1. The van der Waals surface area contributed by atoms with E-state index in [0.717, 1.165) is 29.7 Å². The zero-order valence-electron chi connectivity index (χ0n) is 21.4. The van der Waals surface area contributed by atoms with Crippen LogP contribution in [-0.4, -0.2) is 35.1 Å². The van der Waals surface area contributed by atoms with Crippen LogP contribution >= 0.6 is 35.0 Å². The van der Waals surface area contributed by atoms with Crippen molar-refractivity contribution in [2.45, 2.75) is 51.4 Å². The smallest absolute Gasteiger partial charge is 0.243 e. The van der Waals surface area contributed by atoms with E-state index in [2.05, 4.69) is 31.3 Å². The molecule has 3 rings (SSSR count). The Balaban J connectivity index is 1.87. The van der Waals surface area contributed by atoms with Gasteiger partial charge in [-0.05, 0) is 47.7 Å². The van der Waals surface area contributed by atoms with Gasteiger partial charge in [-0.2, -0.15) is 0 Å². The molecule has 0 heterocycles. The molecule has 0 radical (unpaired) electrons. The fourth-order valence-electron chi connectivity index (χ4n) is 4.00. The SMILES string of the molecule is CCCCNC(=O)[C@@H](Cc1ccccc1)N(Cc1ccc(Cl)cc1Cl)C(=O)CSCc1ccccc1C. The van der Waals surface area contributed by atoms with Gasteiger partial charge in [0.25, 0.3) is 0 Å². The quantitative estimate of drug-likeness (QED) is 0.228. The van der Waals surface area contributed by atoms with Crippen LogP contribution in [0.3, 0.4) is 0 Å². The number of carbonyl (C=O) groups excluding carboxylic acids is 2. The lowest BCUT2D eigenvalue weighted by Gasteiger charge is -2.32. The van der Waals surface area contributed by atoms with Crippen molar-refractivity contribution in [3.63, 3.8) is 0 Å². The van der Waals surface area contributed by atoms with Gasteiger partial charge in [0, 0.05) is 35.3 Å². The topological polar surface area (TPSA) is 49.4 Å². The van der Waals surface area contributed by atoms with Crippen LogP contribution in [0.15, 0.2) is 72.8 Å². The maximum atomic E-state index is 13.7. The summed E-state index contributed by atoms with van der Waals surface area (Å²) in [5.41, 5.74) is 4.14. The molecule has 3 aromatic carbocycles. The number of amides is 2. The Morgan fingerprint density at radius 1 is 0.973 bits per heavy atom. The normalized spacial score (nSPS) is 11.7. The number of rotatable bonds is 13. The van der Waals surface area contributed by atoms with Gasteiger partial charge < -0.3 is 10.2 Å². The van der Waals surface area contributed by atoms with Gasteiger partial charge in [-0.3, -0.25) is 9.59 Å². The van der Waals surface area contributed by atoms with Crippen molar-refractivity contribution in [3.8, 4) is 0 Å². The van der Waals surface area contributed by atoms with Crippen LogP contribution < -0.4 is 5.32 Å². The van der Waals surface area contributed by atoms with E-state index in [0.29, 0.717) is 23.0 Å². The number of nitrogens with one attached hydrogen (secondary N) is 1. The lowest BCUT2D eigenvalue weighted by Crippen LogP contribution is -2.51. The molecule has 0 aliphatic rings. The molecule has 2 amide bonds. The lowest BCUT2D eigenvalue weighted by molar-refractivity contribution is -0.139. The van der Waals surface area contributed by atoms with Crippen LogP contribution in [0.2, 0.25) is 10.0 Å². The molecular formula is C30H34Cl2N2O2S. The summed E-state index contributed by atoms with van der Waals surface area (Å²) in [6.07, 6.45) is 2.27. The number of aryl methyl sites for hydroxylation is 1. The minimum atomic E-state index is -0.669. The van der Waals surface area contributed by atoms with Gasteiger partial charge in [0.2, 0.25) is 11.8 Å². The zero-order valence-corrected chi connectivity index (χ0v) is 23.7. The molecule has 0 fully saturated rings. The lowest BCUT2D eigenvalue weighted by atomic mass is 10.0. The third-order valence-electron chi connectivity index (χ3n) is 6.20. The van der Waals surface area contributed by atoms with Crippen molar-refractivity contribution in [1.82, 2.24) is 10.2 Å². The summed E-state index contributed by atoms with van der Waals surface area (Å²) in [6, 6.07) is 22.6. The molecule has 37 heavy (non-hydrogen) atoms. The number of benzene rings is 3. The van der Waals surface area contributed by atoms with E-state index >= 15 is 0 Å². The molecule has 0 aromatic heterocycles. The van der Waals surface area contributed by atoms with Crippen molar-refractivity contribution in [1.29, 1.82) is 0 Å². The number of carbonyl (C=O) groups is 2. The highest BCUT2D eigenvalue weighted by atomic mass is 35.5. The maximum absolute atomic E-state index is 13.7. The minimum Gasteiger partial charge on any atom is -0.354 e. The van der Waals surface area contributed by atoms with Crippen LogP contribution in [0.5, 0.6) is 0 Å². The fraction of sp³-hybridized carbons (Fsp3) is 0.333. The van der Waals surface area contributed by atoms with E-state index in [-0.39, 0.29) is 24.1 Å². The molecule has 1 atom stereocenters. The number of thioether (sulfide) groups is 1. The first-order chi connectivity index (χ1) is 17.9. The van der Waals surface area contributed by atoms with Gasteiger partial charge in [0.1, 0.15) is 6.04 Å². The molecule has 0 aliphatic heterocycles. The highest BCUT2D eigenvalue weighted by molar-refractivity contribution is 7.99. The number of hydrogen-bond donors (Lipinski definition) is 1. The first kappa shape index (κ1) is 29.1. The molecule has 7 heteroatoms. The average molecular weight is 558 g/mol. The van der Waals surface area contributed by atoms with Gasteiger partial charge in [0.15, 0.2) is 0 Å². The van der Waals surface area contributed by atoms with Crippen LogP contribution in [0.4, 0.5) is 0 Å². The van der Waals surface area contributed by atoms with Gasteiger partial charge in [-0.1, -0.05) is 97.2 Å². The van der Waals surface area contributed by atoms with Gasteiger partial charge >= 0.3 is 0 Å². The first-order valence-corrected chi connectivity index (χ1v) is 14.5. The largest absolute Gasteiger partial charge is 0.354 e. The number of nitrogens with zero attached hydrogens (tertiary/aromatic N) is 1. The fourth-order valence-corrected chi connectivity index (χ4v) is 5.45. The molecule has 0 saturated carbocycles. The molecule has 0 aliphatic carbocycles. The molecule has 0 bridgehead atoms. The van der Waals surface area contributed by atoms with Crippen molar-refractivity contribution in [2.75, 3.05) is 12.3 Å². The van der Waals surface area contributed by atoms with Crippen molar-refractivity contribution < 1.29 is 9.59 Å². The van der Waals surface area contributed by atoms with Gasteiger partial charge in [0.05, 0.1) is 5.75 Å². The Morgan fingerprint density at radius 2 is 1.70 bits per heavy atom. The summed E-state index contributed by atoms with van der Waals surface area (Å²) >= 11 is 14.2. The monoisotopic (exact) mass is 556 g/mol. The van der Waals surface area contributed by atoms with Gasteiger partial charge in [-0.15, -0.1) is 11.8 Å². The van der Waals surface area contributed by atoms with Gasteiger partial charge in [-0.25, -0.2) is 0 Å². The Labute approximate surface area is 234 Å². The Kier molecular flexibility index (Phi) is 11.8. The predicted octanol–water partition coefficient (Wildman–Crippen LogP) is 7.09. The van der Waals surface area contributed by atoms with E-state index in [9.17, 15) is 9.59 Å². The number of halogens is 2. The second kappa shape index (κ2) is 15.1. The predicted molar refractivity (Wildman–Crippen MR) is 156 cm³/mol. The Morgan fingerprint density at radius 3 is 2.41 bits per heavy atom. The first-order valence-electron chi connectivity index (χ1n) is 12.6. The summed E-state index contributed by atoms with van der Waals surface area (Å²) < 4.78 is 0. The van der Waals surface area contributed by atoms with E-state index < -0.39 is 6.04 Å². The zero-order chi connectivity index (χ0) is 26.6. The standard InChI is InChI=1S/C30H34Cl2N2O2S/c1-3-4-16-33-30(36)28(17-23-11-6-5-7-12-23)34(19-24-14-15-26(31)18-27(24)32)29(35)21-37-20-25-13-9-8-10-22(25)2/h5-15,18,28H,3-4,16-17,19-21H2,1-2H3,(H,33,36)/t28-/m1/s1. The molecule has 0 spiro atoms. The maximum Gasteiger partial charge on any atom is 0.243 e. The minimum absolute atomic E-state index is 0.101.